The summed E-state index contributed by atoms with van der Waals surface area (Å²) in [5.41, 5.74) is 9.23. The van der Waals surface area contributed by atoms with Crippen molar-refractivity contribution in [3.8, 4) is 0 Å². The fraction of sp³-hybridized carbons (Fsp3) is 0.583. The Morgan fingerprint density at radius 2 is 1.48 bits per heavy atom. The zero-order valence-electron chi connectivity index (χ0n) is 17.5. The second-order valence-electron chi connectivity index (χ2n) is 9.23. The first-order valence-corrected chi connectivity index (χ1v) is 9.53. The maximum atomic E-state index is 5.18. The molecule has 138 valence electrons. The van der Waals surface area contributed by atoms with Gasteiger partial charge >= 0.3 is 0 Å². The van der Waals surface area contributed by atoms with Gasteiger partial charge in [-0.3, -0.25) is 0 Å². The lowest BCUT2D eigenvalue weighted by atomic mass is 9.62. The first kappa shape index (κ1) is 20.0. The number of methoxy groups -OCH3 is 1. The molecule has 0 fully saturated rings. The fourth-order valence-electron chi connectivity index (χ4n) is 3.88. The van der Waals surface area contributed by atoms with Crippen LogP contribution in [0.5, 0.6) is 0 Å². The summed E-state index contributed by atoms with van der Waals surface area (Å²) in [6, 6.07) is 4.96. The van der Waals surface area contributed by atoms with Crippen LogP contribution in [0, 0.1) is 6.92 Å². The molecule has 0 N–H and O–H groups in total. The third-order valence-corrected chi connectivity index (χ3v) is 5.80. The molecule has 0 aliphatic heterocycles. The Bertz CT molecular complexity index is 686. The lowest BCUT2D eigenvalue weighted by molar-refractivity contribution is 0.226. The molecule has 25 heavy (non-hydrogen) atoms. The topological polar surface area (TPSA) is 9.23 Å². The third-order valence-electron chi connectivity index (χ3n) is 5.80. The average Bonchev–Trinajstić information content (AvgIpc) is 2.52. The lowest BCUT2D eigenvalue weighted by Gasteiger charge is -2.42. The minimum absolute atomic E-state index is 0.278. The molecule has 1 aromatic rings. The SMILES string of the molecule is COC/C(C)=C/C=C(\C)Cc1cc2c(cc1C)C(C)(C)CCC2(C)C. The molecule has 1 aliphatic rings. The summed E-state index contributed by atoms with van der Waals surface area (Å²) in [7, 11) is 1.74. The Labute approximate surface area is 155 Å². The molecule has 0 heterocycles. The van der Waals surface area contributed by atoms with Crippen molar-refractivity contribution in [1.29, 1.82) is 0 Å². The van der Waals surface area contributed by atoms with E-state index in [2.05, 4.69) is 72.8 Å². The molecule has 0 aromatic heterocycles. The summed E-state index contributed by atoms with van der Waals surface area (Å²) >= 11 is 0. The van der Waals surface area contributed by atoms with Crippen molar-refractivity contribution in [2.75, 3.05) is 13.7 Å². The molecular formula is C24H36O. The molecule has 0 spiro atoms. The molecule has 1 aliphatic carbocycles. The van der Waals surface area contributed by atoms with Crippen molar-refractivity contribution in [2.24, 2.45) is 0 Å². The van der Waals surface area contributed by atoms with Gasteiger partial charge in [0, 0.05) is 7.11 Å². The van der Waals surface area contributed by atoms with Gasteiger partial charge in [0.25, 0.3) is 0 Å². The van der Waals surface area contributed by atoms with Crippen LogP contribution in [0.15, 0.2) is 35.4 Å². The highest BCUT2D eigenvalue weighted by Crippen LogP contribution is 2.46. The smallest absolute Gasteiger partial charge is 0.0673 e. The van der Waals surface area contributed by atoms with E-state index in [1.807, 2.05) is 0 Å². The minimum Gasteiger partial charge on any atom is -0.380 e. The van der Waals surface area contributed by atoms with Gasteiger partial charge in [-0.1, -0.05) is 57.6 Å². The van der Waals surface area contributed by atoms with Gasteiger partial charge in [-0.25, -0.2) is 0 Å². The monoisotopic (exact) mass is 340 g/mol. The van der Waals surface area contributed by atoms with Gasteiger partial charge in [-0.05, 0) is 78.7 Å². The van der Waals surface area contributed by atoms with Crippen LogP contribution in [0.2, 0.25) is 0 Å². The molecule has 0 radical (unpaired) electrons. The number of benzene rings is 1. The van der Waals surface area contributed by atoms with Gasteiger partial charge < -0.3 is 4.74 Å². The lowest BCUT2D eigenvalue weighted by Crippen LogP contribution is -2.34. The van der Waals surface area contributed by atoms with E-state index < -0.39 is 0 Å². The second kappa shape index (κ2) is 7.50. The fourth-order valence-corrected chi connectivity index (χ4v) is 3.88. The summed E-state index contributed by atoms with van der Waals surface area (Å²) in [5, 5.41) is 0. The number of rotatable bonds is 5. The largest absolute Gasteiger partial charge is 0.380 e. The van der Waals surface area contributed by atoms with E-state index >= 15 is 0 Å². The summed E-state index contributed by atoms with van der Waals surface area (Å²) < 4.78 is 5.18. The molecule has 1 heteroatoms. The third kappa shape index (κ3) is 4.64. The highest BCUT2D eigenvalue weighted by atomic mass is 16.5. The second-order valence-corrected chi connectivity index (χ2v) is 9.23. The molecule has 0 bridgehead atoms. The standard InChI is InChI=1S/C24H36O/c1-17(9-10-18(2)16-25-8)13-20-15-22-21(14-19(20)3)23(4,5)11-12-24(22,6)7/h9-10,14-15H,11-13,16H2,1-8H3/b17-9+,18-10+. The van der Waals surface area contributed by atoms with Crippen LogP contribution in [0.1, 0.15) is 76.6 Å². The molecule has 1 aromatic carbocycles. The highest BCUT2D eigenvalue weighted by Gasteiger charge is 2.37. The molecule has 0 saturated carbocycles. The Kier molecular flexibility index (Phi) is 5.99. The number of ether oxygens (including phenoxy) is 1. The maximum absolute atomic E-state index is 5.18. The number of fused-ring (bicyclic) bond motifs is 1. The van der Waals surface area contributed by atoms with E-state index in [0.717, 1.165) is 6.42 Å². The van der Waals surface area contributed by atoms with Gasteiger partial charge in [-0.15, -0.1) is 0 Å². The summed E-state index contributed by atoms with van der Waals surface area (Å²) in [6.07, 6.45) is 7.98. The summed E-state index contributed by atoms with van der Waals surface area (Å²) in [5.74, 6) is 0. The van der Waals surface area contributed by atoms with Crippen LogP contribution in [-0.2, 0) is 22.0 Å². The van der Waals surface area contributed by atoms with Gasteiger partial charge in [0.1, 0.15) is 0 Å². The van der Waals surface area contributed by atoms with Crippen LogP contribution in [-0.4, -0.2) is 13.7 Å². The van der Waals surface area contributed by atoms with E-state index in [9.17, 15) is 0 Å². The normalized spacial score (nSPS) is 19.7. The Balaban J connectivity index is 2.35. The van der Waals surface area contributed by atoms with Crippen LogP contribution in [0.4, 0.5) is 0 Å². The number of allylic oxidation sites excluding steroid dienone is 3. The first-order chi connectivity index (χ1) is 11.6. The van der Waals surface area contributed by atoms with E-state index in [1.54, 1.807) is 18.2 Å². The predicted octanol–water partition coefficient (Wildman–Crippen LogP) is 6.43. The molecule has 1 nitrogen and oxygen atoms in total. The summed E-state index contributed by atoms with van der Waals surface area (Å²) in [6.45, 7) is 16.9. The van der Waals surface area contributed by atoms with Crippen LogP contribution in [0.3, 0.4) is 0 Å². The Morgan fingerprint density at radius 3 is 2.04 bits per heavy atom. The zero-order chi connectivity index (χ0) is 18.8. The Hall–Kier alpha value is -1.34. The molecule has 0 amide bonds. The number of hydrogen-bond acceptors (Lipinski definition) is 1. The minimum atomic E-state index is 0.278. The van der Waals surface area contributed by atoms with Gasteiger partial charge in [-0.2, -0.15) is 0 Å². The van der Waals surface area contributed by atoms with Crippen LogP contribution in [0.25, 0.3) is 0 Å². The molecular weight excluding hydrogens is 304 g/mol. The summed E-state index contributed by atoms with van der Waals surface area (Å²) in [4.78, 5) is 0. The molecule has 0 saturated heterocycles. The van der Waals surface area contributed by atoms with Crippen molar-refractivity contribution in [1.82, 2.24) is 0 Å². The maximum Gasteiger partial charge on any atom is 0.0673 e. The quantitative estimate of drug-likeness (QED) is 0.561. The van der Waals surface area contributed by atoms with Crippen LogP contribution >= 0.6 is 0 Å². The molecule has 2 rings (SSSR count). The molecule has 0 unspecified atom stereocenters. The number of hydrogen-bond donors (Lipinski definition) is 0. The van der Waals surface area contributed by atoms with Crippen molar-refractivity contribution in [3.05, 3.63) is 57.7 Å². The first-order valence-electron chi connectivity index (χ1n) is 9.53. The molecule has 0 atom stereocenters. The van der Waals surface area contributed by atoms with Crippen LogP contribution < -0.4 is 0 Å². The van der Waals surface area contributed by atoms with E-state index in [0.29, 0.717) is 12.0 Å². The van der Waals surface area contributed by atoms with Crippen molar-refractivity contribution >= 4 is 0 Å². The zero-order valence-corrected chi connectivity index (χ0v) is 17.5. The van der Waals surface area contributed by atoms with Crippen molar-refractivity contribution in [2.45, 2.75) is 78.6 Å². The highest BCUT2D eigenvalue weighted by molar-refractivity contribution is 5.47. The number of aryl methyl sites for hydroxylation is 1. The predicted molar refractivity (Wildman–Crippen MR) is 110 cm³/mol. The average molecular weight is 341 g/mol. The van der Waals surface area contributed by atoms with Crippen molar-refractivity contribution < 1.29 is 4.74 Å². The van der Waals surface area contributed by atoms with E-state index in [1.165, 1.54) is 35.1 Å². The van der Waals surface area contributed by atoms with E-state index in [-0.39, 0.29) is 5.41 Å². The van der Waals surface area contributed by atoms with Gasteiger partial charge in [0.15, 0.2) is 0 Å². The van der Waals surface area contributed by atoms with E-state index in [4.69, 9.17) is 4.74 Å². The Morgan fingerprint density at radius 1 is 0.960 bits per heavy atom. The van der Waals surface area contributed by atoms with Gasteiger partial charge in [0.2, 0.25) is 0 Å². The van der Waals surface area contributed by atoms with Gasteiger partial charge in [0.05, 0.1) is 6.61 Å². The van der Waals surface area contributed by atoms with Crippen molar-refractivity contribution in [3.63, 3.8) is 0 Å².